The standard InChI is InChI=1S/C16H17N5/c1-16(2,17-13-9-5-3-6-10-13)15-18-19-20-21(15)14-11-7-4-8-12-14/h3-12,17H,1-2H3. The highest BCUT2D eigenvalue weighted by molar-refractivity contribution is 5.46. The molecule has 0 saturated carbocycles. The zero-order valence-corrected chi connectivity index (χ0v) is 12.1. The first-order valence-corrected chi connectivity index (χ1v) is 6.84. The molecule has 0 spiro atoms. The van der Waals surface area contributed by atoms with Crippen LogP contribution >= 0.6 is 0 Å². The summed E-state index contributed by atoms with van der Waals surface area (Å²) in [6.07, 6.45) is 0. The van der Waals surface area contributed by atoms with Crippen molar-refractivity contribution in [3.8, 4) is 5.69 Å². The van der Waals surface area contributed by atoms with E-state index in [-0.39, 0.29) is 0 Å². The summed E-state index contributed by atoms with van der Waals surface area (Å²) in [5, 5.41) is 15.6. The smallest absolute Gasteiger partial charge is 0.181 e. The number of aromatic nitrogens is 4. The Morgan fingerprint density at radius 1 is 0.905 bits per heavy atom. The molecule has 3 aromatic rings. The van der Waals surface area contributed by atoms with Crippen LogP contribution in [0.3, 0.4) is 0 Å². The third-order valence-corrected chi connectivity index (χ3v) is 3.26. The first-order chi connectivity index (χ1) is 10.2. The van der Waals surface area contributed by atoms with Crippen LogP contribution in [0.2, 0.25) is 0 Å². The number of hydrogen-bond acceptors (Lipinski definition) is 4. The maximum Gasteiger partial charge on any atom is 0.181 e. The van der Waals surface area contributed by atoms with Gasteiger partial charge in [-0.2, -0.15) is 4.68 Å². The number of nitrogens with one attached hydrogen (secondary N) is 1. The number of rotatable bonds is 4. The summed E-state index contributed by atoms with van der Waals surface area (Å²) in [6.45, 7) is 4.12. The number of tetrazole rings is 1. The summed E-state index contributed by atoms with van der Waals surface area (Å²) in [6, 6.07) is 19.9. The molecule has 0 amide bonds. The highest BCUT2D eigenvalue weighted by Crippen LogP contribution is 2.24. The molecule has 0 bridgehead atoms. The fourth-order valence-corrected chi connectivity index (χ4v) is 2.26. The van der Waals surface area contributed by atoms with E-state index in [2.05, 4.69) is 34.7 Å². The minimum atomic E-state index is -0.402. The van der Waals surface area contributed by atoms with Gasteiger partial charge in [0.05, 0.1) is 11.2 Å². The number of anilines is 1. The van der Waals surface area contributed by atoms with Gasteiger partial charge in [-0.3, -0.25) is 0 Å². The third-order valence-electron chi connectivity index (χ3n) is 3.26. The van der Waals surface area contributed by atoms with E-state index in [0.717, 1.165) is 17.2 Å². The lowest BCUT2D eigenvalue weighted by molar-refractivity contribution is 0.542. The van der Waals surface area contributed by atoms with Crippen molar-refractivity contribution >= 4 is 5.69 Å². The molecular weight excluding hydrogens is 262 g/mol. The van der Waals surface area contributed by atoms with Crippen LogP contribution in [-0.2, 0) is 5.54 Å². The number of benzene rings is 2. The van der Waals surface area contributed by atoms with Crippen molar-refractivity contribution in [2.24, 2.45) is 0 Å². The van der Waals surface area contributed by atoms with Crippen LogP contribution in [0.4, 0.5) is 5.69 Å². The molecule has 0 unspecified atom stereocenters. The molecule has 0 radical (unpaired) electrons. The van der Waals surface area contributed by atoms with Gasteiger partial charge < -0.3 is 5.32 Å². The van der Waals surface area contributed by atoms with Crippen molar-refractivity contribution in [2.75, 3.05) is 5.32 Å². The molecule has 1 N–H and O–H groups in total. The molecule has 0 aliphatic rings. The first-order valence-electron chi connectivity index (χ1n) is 6.84. The Morgan fingerprint density at radius 2 is 1.52 bits per heavy atom. The van der Waals surface area contributed by atoms with Crippen molar-refractivity contribution in [2.45, 2.75) is 19.4 Å². The van der Waals surface area contributed by atoms with Gasteiger partial charge in [0.2, 0.25) is 0 Å². The predicted molar refractivity (Wildman–Crippen MR) is 82.2 cm³/mol. The van der Waals surface area contributed by atoms with Gasteiger partial charge in [0.25, 0.3) is 0 Å². The molecule has 1 heterocycles. The van der Waals surface area contributed by atoms with Crippen molar-refractivity contribution in [1.29, 1.82) is 0 Å². The fourth-order valence-electron chi connectivity index (χ4n) is 2.26. The quantitative estimate of drug-likeness (QED) is 0.797. The van der Waals surface area contributed by atoms with Gasteiger partial charge in [-0.1, -0.05) is 36.4 Å². The monoisotopic (exact) mass is 279 g/mol. The van der Waals surface area contributed by atoms with Gasteiger partial charge in [-0.15, -0.1) is 5.10 Å². The Kier molecular flexibility index (Phi) is 3.39. The summed E-state index contributed by atoms with van der Waals surface area (Å²) in [4.78, 5) is 0. The van der Waals surface area contributed by atoms with Gasteiger partial charge in [-0.25, -0.2) is 0 Å². The van der Waals surface area contributed by atoms with Crippen molar-refractivity contribution in [3.63, 3.8) is 0 Å². The maximum atomic E-state index is 4.20. The Morgan fingerprint density at radius 3 is 2.19 bits per heavy atom. The van der Waals surface area contributed by atoms with Gasteiger partial charge in [0, 0.05) is 5.69 Å². The average Bonchev–Trinajstić information content (AvgIpc) is 2.99. The topological polar surface area (TPSA) is 55.6 Å². The zero-order chi connectivity index (χ0) is 14.7. The number of nitrogens with zero attached hydrogens (tertiary/aromatic N) is 4. The Labute approximate surface area is 123 Å². The Bertz CT molecular complexity index is 704. The van der Waals surface area contributed by atoms with Crippen LogP contribution in [0.25, 0.3) is 5.69 Å². The summed E-state index contributed by atoms with van der Waals surface area (Å²) in [7, 11) is 0. The average molecular weight is 279 g/mol. The van der Waals surface area contributed by atoms with Gasteiger partial charge >= 0.3 is 0 Å². The third kappa shape index (κ3) is 2.76. The second kappa shape index (κ2) is 5.36. The van der Waals surface area contributed by atoms with E-state index in [1.807, 2.05) is 60.7 Å². The molecule has 2 aromatic carbocycles. The molecule has 106 valence electrons. The largest absolute Gasteiger partial charge is 0.373 e. The molecule has 0 aliphatic heterocycles. The van der Waals surface area contributed by atoms with Gasteiger partial charge in [0.15, 0.2) is 5.82 Å². The summed E-state index contributed by atoms with van der Waals surface area (Å²) in [5.41, 5.74) is 1.58. The minimum Gasteiger partial charge on any atom is -0.373 e. The van der Waals surface area contributed by atoms with Crippen molar-refractivity contribution in [3.05, 3.63) is 66.5 Å². The van der Waals surface area contributed by atoms with E-state index < -0.39 is 5.54 Å². The zero-order valence-electron chi connectivity index (χ0n) is 12.1. The van der Waals surface area contributed by atoms with Crippen molar-refractivity contribution < 1.29 is 0 Å². The van der Waals surface area contributed by atoms with Crippen LogP contribution < -0.4 is 5.32 Å². The fraction of sp³-hybridized carbons (Fsp3) is 0.188. The summed E-state index contributed by atoms with van der Waals surface area (Å²) in [5.74, 6) is 0.762. The van der Waals surface area contributed by atoms with E-state index in [1.54, 1.807) is 4.68 Å². The van der Waals surface area contributed by atoms with Gasteiger partial charge in [0.1, 0.15) is 0 Å². The Hall–Kier alpha value is -2.69. The van der Waals surface area contributed by atoms with Crippen LogP contribution in [0.15, 0.2) is 60.7 Å². The Balaban J connectivity index is 1.95. The summed E-state index contributed by atoms with van der Waals surface area (Å²) < 4.78 is 1.76. The van der Waals surface area contributed by atoms with Gasteiger partial charge in [-0.05, 0) is 48.5 Å². The highest BCUT2D eigenvalue weighted by Gasteiger charge is 2.28. The van der Waals surface area contributed by atoms with Crippen molar-refractivity contribution in [1.82, 2.24) is 20.2 Å². The number of hydrogen-bond donors (Lipinski definition) is 1. The van der Waals surface area contributed by atoms with E-state index in [0.29, 0.717) is 0 Å². The minimum absolute atomic E-state index is 0.402. The second-order valence-electron chi connectivity index (χ2n) is 5.37. The van der Waals surface area contributed by atoms with Crippen LogP contribution in [0.5, 0.6) is 0 Å². The molecular formula is C16H17N5. The van der Waals surface area contributed by atoms with E-state index in [1.165, 1.54) is 0 Å². The first kappa shape index (κ1) is 13.3. The SMILES string of the molecule is CC(C)(Nc1ccccc1)c1nnnn1-c1ccccc1. The van der Waals surface area contributed by atoms with E-state index >= 15 is 0 Å². The molecule has 0 aliphatic carbocycles. The van der Waals surface area contributed by atoms with Crippen LogP contribution in [0.1, 0.15) is 19.7 Å². The maximum absolute atomic E-state index is 4.20. The van der Waals surface area contributed by atoms with Crippen LogP contribution in [-0.4, -0.2) is 20.2 Å². The lowest BCUT2D eigenvalue weighted by atomic mass is 10.0. The molecule has 5 heteroatoms. The number of para-hydroxylation sites is 2. The molecule has 3 rings (SSSR count). The van der Waals surface area contributed by atoms with E-state index in [9.17, 15) is 0 Å². The molecule has 1 aromatic heterocycles. The lowest BCUT2D eigenvalue weighted by Gasteiger charge is -2.26. The molecule has 0 atom stereocenters. The molecule has 0 saturated heterocycles. The van der Waals surface area contributed by atoms with E-state index in [4.69, 9.17) is 0 Å². The molecule has 21 heavy (non-hydrogen) atoms. The molecule has 0 fully saturated rings. The lowest BCUT2D eigenvalue weighted by Crippen LogP contribution is -2.31. The second-order valence-corrected chi connectivity index (χ2v) is 5.37. The highest BCUT2D eigenvalue weighted by atomic mass is 15.6. The summed E-state index contributed by atoms with van der Waals surface area (Å²) >= 11 is 0. The predicted octanol–water partition coefficient (Wildman–Crippen LogP) is 3.01. The molecule has 5 nitrogen and oxygen atoms in total. The normalized spacial score (nSPS) is 11.3. The van der Waals surface area contributed by atoms with Crippen LogP contribution in [0, 0.1) is 0 Å².